The maximum absolute atomic E-state index is 12.3. The summed E-state index contributed by atoms with van der Waals surface area (Å²) in [5.41, 5.74) is 7.82. The highest BCUT2D eigenvalue weighted by atomic mass is 16.2. The number of piperazine rings is 1. The molecular formula is C16H23N3O2. The maximum atomic E-state index is 12.3. The van der Waals surface area contributed by atoms with Crippen molar-refractivity contribution < 1.29 is 9.59 Å². The van der Waals surface area contributed by atoms with Crippen LogP contribution in [0.5, 0.6) is 0 Å². The van der Waals surface area contributed by atoms with Crippen molar-refractivity contribution in [1.29, 1.82) is 0 Å². The van der Waals surface area contributed by atoms with Crippen molar-refractivity contribution in [2.45, 2.75) is 26.3 Å². The quantitative estimate of drug-likeness (QED) is 0.884. The Hall–Kier alpha value is -1.88. The zero-order valence-corrected chi connectivity index (χ0v) is 12.7. The van der Waals surface area contributed by atoms with Crippen LogP contribution in [0.25, 0.3) is 0 Å². The number of nitrogens with zero attached hydrogens (tertiary/aromatic N) is 2. The fourth-order valence-electron chi connectivity index (χ4n) is 2.46. The number of nitrogens with two attached hydrogens (primary N) is 1. The Morgan fingerprint density at radius 2 is 1.62 bits per heavy atom. The van der Waals surface area contributed by atoms with Crippen LogP contribution in [-0.4, -0.2) is 53.8 Å². The van der Waals surface area contributed by atoms with Gasteiger partial charge >= 0.3 is 0 Å². The predicted molar refractivity (Wildman–Crippen MR) is 81.7 cm³/mol. The van der Waals surface area contributed by atoms with Gasteiger partial charge in [-0.2, -0.15) is 0 Å². The summed E-state index contributed by atoms with van der Waals surface area (Å²) >= 11 is 0. The summed E-state index contributed by atoms with van der Waals surface area (Å²) in [5.74, 6) is 0.0763. The van der Waals surface area contributed by atoms with Crippen LogP contribution in [0.15, 0.2) is 24.3 Å². The van der Waals surface area contributed by atoms with Crippen LogP contribution in [-0.2, 0) is 16.0 Å². The molecule has 2 rings (SSSR count). The van der Waals surface area contributed by atoms with Gasteiger partial charge in [0.05, 0.1) is 12.5 Å². The van der Waals surface area contributed by atoms with E-state index in [9.17, 15) is 9.59 Å². The number of benzene rings is 1. The Labute approximate surface area is 125 Å². The van der Waals surface area contributed by atoms with E-state index >= 15 is 0 Å². The van der Waals surface area contributed by atoms with Gasteiger partial charge < -0.3 is 15.5 Å². The molecule has 0 aliphatic carbocycles. The Bertz CT molecular complexity index is 503. The van der Waals surface area contributed by atoms with Crippen LogP contribution in [0, 0.1) is 6.92 Å². The number of carbonyl (C=O) groups excluding carboxylic acids is 2. The Kier molecular flexibility index (Phi) is 4.96. The number of rotatable bonds is 3. The monoisotopic (exact) mass is 289 g/mol. The lowest BCUT2D eigenvalue weighted by Gasteiger charge is -2.35. The van der Waals surface area contributed by atoms with Gasteiger partial charge in [-0.05, 0) is 19.4 Å². The van der Waals surface area contributed by atoms with Gasteiger partial charge in [0, 0.05) is 26.2 Å². The standard InChI is InChI=1S/C16H23N3O2/c1-12-3-5-14(6-4-12)11-15(20)18-7-9-19(10-8-18)16(21)13(2)17/h3-6,13H,7-11,17H2,1-2H3/t13-/m1/s1. The van der Waals surface area contributed by atoms with Gasteiger partial charge in [0.15, 0.2) is 0 Å². The Morgan fingerprint density at radius 3 is 2.14 bits per heavy atom. The molecule has 0 saturated carbocycles. The second kappa shape index (κ2) is 6.72. The van der Waals surface area contributed by atoms with Crippen molar-refractivity contribution in [3.05, 3.63) is 35.4 Å². The highest BCUT2D eigenvalue weighted by Gasteiger charge is 2.25. The fourth-order valence-corrected chi connectivity index (χ4v) is 2.46. The largest absolute Gasteiger partial charge is 0.339 e. The van der Waals surface area contributed by atoms with Gasteiger partial charge in [0.2, 0.25) is 11.8 Å². The summed E-state index contributed by atoms with van der Waals surface area (Å²) < 4.78 is 0. The third-order valence-electron chi connectivity index (χ3n) is 3.81. The molecule has 2 amide bonds. The molecule has 0 bridgehead atoms. The second-order valence-corrected chi connectivity index (χ2v) is 5.66. The molecule has 21 heavy (non-hydrogen) atoms. The van der Waals surface area contributed by atoms with E-state index in [0.717, 1.165) is 5.56 Å². The highest BCUT2D eigenvalue weighted by Crippen LogP contribution is 2.09. The highest BCUT2D eigenvalue weighted by molar-refractivity contribution is 5.82. The van der Waals surface area contributed by atoms with Crippen molar-refractivity contribution >= 4 is 11.8 Å². The molecule has 1 fully saturated rings. The van der Waals surface area contributed by atoms with E-state index in [1.807, 2.05) is 36.1 Å². The average Bonchev–Trinajstić information content (AvgIpc) is 2.49. The topological polar surface area (TPSA) is 66.6 Å². The molecule has 1 aliphatic heterocycles. The van der Waals surface area contributed by atoms with Gasteiger partial charge in [-0.3, -0.25) is 9.59 Å². The number of hydrogen-bond acceptors (Lipinski definition) is 3. The smallest absolute Gasteiger partial charge is 0.239 e. The lowest BCUT2D eigenvalue weighted by Crippen LogP contribution is -2.54. The van der Waals surface area contributed by atoms with Crippen LogP contribution in [0.1, 0.15) is 18.1 Å². The number of hydrogen-bond donors (Lipinski definition) is 1. The molecule has 1 atom stereocenters. The predicted octanol–water partition coefficient (Wildman–Crippen LogP) is 0.556. The van der Waals surface area contributed by atoms with Crippen LogP contribution < -0.4 is 5.73 Å². The number of aryl methyl sites for hydroxylation is 1. The minimum atomic E-state index is -0.472. The van der Waals surface area contributed by atoms with Gasteiger partial charge in [0.25, 0.3) is 0 Å². The normalized spacial score (nSPS) is 16.7. The van der Waals surface area contributed by atoms with E-state index < -0.39 is 6.04 Å². The first-order valence-electron chi connectivity index (χ1n) is 7.35. The van der Waals surface area contributed by atoms with Crippen LogP contribution in [0.4, 0.5) is 0 Å². The lowest BCUT2D eigenvalue weighted by molar-refractivity contribution is -0.139. The van der Waals surface area contributed by atoms with E-state index in [1.165, 1.54) is 5.56 Å². The summed E-state index contributed by atoms with van der Waals surface area (Å²) in [6.07, 6.45) is 0.418. The summed E-state index contributed by atoms with van der Waals surface area (Å²) in [6.45, 7) is 6.03. The van der Waals surface area contributed by atoms with Gasteiger partial charge in [0.1, 0.15) is 0 Å². The molecule has 0 radical (unpaired) electrons. The second-order valence-electron chi connectivity index (χ2n) is 5.66. The molecule has 1 saturated heterocycles. The minimum Gasteiger partial charge on any atom is -0.339 e. The molecule has 2 N–H and O–H groups in total. The molecule has 5 heteroatoms. The third-order valence-corrected chi connectivity index (χ3v) is 3.81. The first-order valence-corrected chi connectivity index (χ1v) is 7.35. The van der Waals surface area contributed by atoms with Crippen LogP contribution >= 0.6 is 0 Å². The van der Waals surface area contributed by atoms with Crippen molar-refractivity contribution in [1.82, 2.24) is 9.80 Å². The Balaban J connectivity index is 1.86. The molecule has 0 unspecified atom stereocenters. The molecule has 1 heterocycles. The molecule has 114 valence electrons. The first kappa shape index (κ1) is 15.5. The molecule has 5 nitrogen and oxygen atoms in total. The minimum absolute atomic E-state index is 0.0411. The van der Waals surface area contributed by atoms with E-state index in [0.29, 0.717) is 32.6 Å². The van der Waals surface area contributed by atoms with Crippen LogP contribution in [0.2, 0.25) is 0 Å². The van der Waals surface area contributed by atoms with Crippen molar-refractivity contribution in [3.8, 4) is 0 Å². The van der Waals surface area contributed by atoms with E-state index in [4.69, 9.17) is 5.73 Å². The zero-order valence-electron chi connectivity index (χ0n) is 12.7. The summed E-state index contributed by atoms with van der Waals surface area (Å²) in [4.78, 5) is 27.6. The summed E-state index contributed by atoms with van der Waals surface area (Å²) in [6, 6.07) is 7.54. The SMILES string of the molecule is Cc1ccc(CC(=O)N2CCN(C(=O)[C@@H](C)N)CC2)cc1. The molecule has 1 aromatic rings. The summed E-state index contributed by atoms with van der Waals surface area (Å²) in [5, 5.41) is 0. The van der Waals surface area contributed by atoms with Gasteiger partial charge in [-0.25, -0.2) is 0 Å². The van der Waals surface area contributed by atoms with E-state index in [1.54, 1.807) is 11.8 Å². The maximum Gasteiger partial charge on any atom is 0.239 e. The van der Waals surface area contributed by atoms with Crippen molar-refractivity contribution in [3.63, 3.8) is 0 Å². The van der Waals surface area contributed by atoms with E-state index in [2.05, 4.69) is 0 Å². The van der Waals surface area contributed by atoms with Crippen LogP contribution in [0.3, 0.4) is 0 Å². The third kappa shape index (κ3) is 4.04. The summed E-state index contributed by atoms with van der Waals surface area (Å²) in [7, 11) is 0. The van der Waals surface area contributed by atoms with Gasteiger partial charge in [-0.15, -0.1) is 0 Å². The molecule has 0 aromatic heterocycles. The van der Waals surface area contributed by atoms with Crippen molar-refractivity contribution in [2.24, 2.45) is 5.73 Å². The Morgan fingerprint density at radius 1 is 1.10 bits per heavy atom. The lowest BCUT2D eigenvalue weighted by atomic mass is 10.1. The molecule has 0 spiro atoms. The molecule has 1 aromatic carbocycles. The first-order chi connectivity index (χ1) is 9.97. The average molecular weight is 289 g/mol. The molecular weight excluding hydrogens is 266 g/mol. The fraction of sp³-hybridized carbons (Fsp3) is 0.500. The zero-order chi connectivity index (χ0) is 15.4. The van der Waals surface area contributed by atoms with E-state index in [-0.39, 0.29) is 11.8 Å². The number of carbonyl (C=O) groups is 2. The van der Waals surface area contributed by atoms with Crippen molar-refractivity contribution in [2.75, 3.05) is 26.2 Å². The number of amides is 2. The molecule has 1 aliphatic rings. The van der Waals surface area contributed by atoms with Gasteiger partial charge in [-0.1, -0.05) is 29.8 Å².